The number of hydrogen-bond donors (Lipinski definition) is 0. The summed E-state index contributed by atoms with van der Waals surface area (Å²) in [7, 11) is 0. The Morgan fingerprint density at radius 2 is 0.960 bits per heavy atom. The maximum absolute atomic E-state index is 6.44. The Hall–Kier alpha value is -6.43. The van der Waals surface area contributed by atoms with Crippen LogP contribution in [-0.4, -0.2) is 15.0 Å². The van der Waals surface area contributed by atoms with Crippen LogP contribution in [0.15, 0.2) is 168 Å². The standard InChI is InChI=1S/C45H27N3OS/c1-3-13-28(14-4-1)43-46-44(29-15-5-2-6-16-29)48-45(47-43)36-21-11-19-33(34-20-12-24-40-42(34)35-18-8-10-23-39(35)50-40)41(36)30-25-26-32-31-17-7-9-22-37(31)49-38(32)27-30/h1-27H. The lowest BCUT2D eigenvalue weighted by Crippen LogP contribution is -2.01. The van der Waals surface area contributed by atoms with E-state index < -0.39 is 0 Å². The molecule has 0 radical (unpaired) electrons. The fourth-order valence-corrected chi connectivity index (χ4v) is 8.22. The number of thiophene rings is 1. The van der Waals surface area contributed by atoms with Gasteiger partial charge in [0.2, 0.25) is 0 Å². The van der Waals surface area contributed by atoms with Crippen LogP contribution in [-0.2, 0) is 0 Å². The van der Waals surface area contributed by atoms with Crippen LogP contribution < -0.4 is 0 Å². The first kappa shape index (κ1) is 28.6. The average Bonchev–Trinajstić information content (AvgIpc) is 3.76. The van der Waals surface area contributed by atoms with Gasteiger partial charge in [0.05, 0.1) is 0 Å². The van der Waals surface area contributed by atoms with Crippen LogP contribution in [0.1, 0.15) is 0 Å². The van der Waals surface area contributed by atoms with Crippen molar-refractivity contribution in [2.45, 2.75) is 0 Å². The van der Waals surface area contributed by atoms with Crippen molar-refractivity contribution in [3.8, 4) is 56.4 Å². The lowest BCUT2D eigenvalue weighted by Gasteiger charge is -2.17. The fraction of sp³-hybridized carbons (Fsp3) is 0. The van der Waals surface area contributed by atoms with Crippen LogP contribution in [0, 0.1) is 0 Å². The van der Waals surface area contributed by atoms with Gasteiger partial charge in [-0.15, -0.1) is 11.3 Å². The van der Waals surface area contributed by atoms with Gasteiger partial charge in [-0.1, -0.05) is 133 Å². The minimum atomic E-state index is 0.613. The Balaban J connectivity index is 1.29. The maximum atomic E-state index is 6.44. The van der Waals surface area contributed by atoms with Gasteiger partial charge in [0, 0.05) is 53.2 Å². The van der Waals surface area contributed by atoms with Crippen molar-refractivity contribution in [2.24, 2.45) is 0 Å². The molecule has 0 N–H and O–H groups in total. The van der Waals surface area contributed by atoms with Gasteiger partial charge >= 0.3 is 0 Å². The van der Waals surface area contributed by atoms with Crippen molar-refractivity contribution in [1.82, 2.24) is 15.0 Å². The topological polar surface area (TPSA) is 51.8 Å². The summed E-state index contributed by atoms with van der Waals surface area (Å²) in [5.74, 6) is 1.87. The first-order chi connectivity index (χ1) is 24.8. The molecule has 50 heavy (non-hydrogen) atoms. The second kappa shape index (κ2) is 11.6. The van der Waals surface area contributed by atoms with E-state index in [1.807, 2.05) is 84.1 Å². The molecule has 10 aromatic rings. The molecule has 3 heterocycles. The summed E-state index contributed by atoms with van der Waals surface area (Å²) in [5.41, 5.74) is 8.86. The monoisotopic (exact) mass is 657 g/mol. The molecule has 0 bridgehead atoms. The smallest absolute Gasteiger partial charge is 0.164 e. The third-order valence-electron chi connectivity index (χ3n) is 9.36. The van der Waals surface area contributed by atoms with Crippen molar-refractivity contribution in [2.75, 3.05) is 0 Å². The molecule has 0 aliphatic heterocycles. The zero-order chi connectivity index (χ0) is 33.0. The first-order valence-electron chi connectivity index (χ1n) is 16.6. The van der Waals surface area contributed by atoms with Gasteiger partial charge in [-0.05, 0) is 47.0 Å². The molecule has 0 amide bonds. The molecule has 4 nitrogen and oxygen atoms in total. The van der Waals surface area contributed by atoms with Gasteiger partial charge in [-0.25, -0.2) is 15.0 Å². The Bertz CT molecular complexity index is 2820. The number of furan rings is 1. The molecule has 10 rings (SSSR count). The van der Waals surface area contributed by atoms with Crippen molar-refractivity contribution in [3.63, 3.8) is 0 Å². The van der Waals surface area contributed by atoms with Gasteiger partial charge in [0.25, 0.3) is 0 Å². The summed E-state index contributed by atoms with van der Waals surface area (Å²) in [5, 5.41) is 4.70. The normalized spacial score (nSPS) is 11.6. The summed E-state index contributed by atoms with van der Waals surface area (Å²) >= 11 is 1.83. The molecule has 0 aliphatic carbocycles. The molecule has 0 saturated heterocycles. The predicted molar refractivity (Wildman–Crippen MR) is 207 cm³/mol. The quantitative estimate of drug-likeness (QED) is 0.185. The van der Waals surface area contributed by atoms with E-state index in [1.165, 1.54) is 25.7 Å². The van der Waals surface area contributed by atoms with E-state index in [9.17, 15) is 0 Å². The van der Waals surface area contributed by atoms with E-state index in [0.717, 1.165) is 55.3 Å². The minimum absolute atomic E-state index is 0.613. The number of fused-ring (bicyclic) bond motifs is 6. The SMILES string of the molecule is c1ccc(-c2nc(-c3ccccc3)nc(-c3cccc(-c4cccc5sc6ccccc6c45)c3-c3ccc4c(c3)oc3ccccc34)n2)cc1. The summed E-state index contributed by atoms with van der Waals surface area (Å²) in [4.78, 5) is 15.3. The third-order valence-corrected chi connectivity index (χ3v) is 10.5. The number of para-hydroxylation sites is 1. The molecule has 234 valence electrons. The van der Waals surface area contributed by atoms with Crippen molar-refractivity contribution in [3.05, 3.63) is 164 Å². The molecular weight excluding hydrogens is 631 g/mol. The Morgan fingerprint density at radius 1 is 0.380 bits per heavy atom. The number of benzene rings is 7. The number of hydrogen-bond acceptors (Lipinski definition) is 5. The molecule has 5 heteroatoms. The Labute approximate surface area is 292 Å². The van der Waals surface area contributed by atoms with Gasteiger partial charge in [0.1, 0.15) is 11.2 Å². The van der Waals surface area contributed by atoms with Crippen molar-refractivity contribution in [1.29, 1.82) is 0 Å². The largest absolute Gasteiger partial charge is 0.456 e. The Morgan fingerprint density at radius 3 is 1.74 bits per heavy atom. The minimum Gasteiger partial charge on any atom is -0.456 e. The highest BCUT2D eigenvalue weighted by atomic mass is 32.1. The number of aromatic nitrogens is 3. The second-order valence-electron chi connectivity index (χ2n) is 12.4. The van der Waals surface area contributed by atoms with Crippen LogP contribution >= 0.6 is 11.3 Å². The molecule has 3 aromatic heterocycles. The summed E-state index contributed by atoms with van der Waals surface area (Å²) in [6.45, 7) is 0. The van der Waals surface area contributed by atoms with Gasteiger partial charge in [-0.2, -0.15) is 0 Å². The third kappa shape index (κ3) is 4.71. The summed E-state index contributed by atoms with van der Waals surface area (Å²) in [6.07, 6.45) is 0. The second-order valence-corrected chi connectivity index (χ2v) is 13.4. The summed E-state index contributed by atoms with van der Waals surface area (Å²) < 4.78 is 8.96. The van der Waals surface area contributed by atoms with E-state index in [-0.39, 0.29) is 0 Å². The molecular formula is C45H27N3OS. The molecule has 0 spiro atoms. The first-order valence-corrected chi connectivity index (χ1v) is 17.4. The molecule has 0 saturated carbocycles. The van der Waals surface area contributed by atoms with E-state index in [4.69, 9.17) is 19.4 Å². The molecule has 0 atom stereocenters. The predicted octanol–water partition coefficient (Wildman–Crippen LogP) is 12.5. The van der Waals surface area contributed by atoms with Crippen LogP contribution in [0.25, 0.3) is 98.5 Å². The van der Waals surface area contributed by atoms with Crippen LogP contribution in [0.2, 0.25) is 0 Å². The van der Waals surface area contributed by atoms with E-state index in [2.05, 4.69) is 91.0 Å². The number of rotatable bonds is 5. The average molecular weight is 658 g/mol. The van der Waals surface area contributed by atoms with E-state index in [0.29, 0.717) is 17.5 Å². The summed E-state index contributed by atoms with van der Waals surface area (Å²) in [6, 6.07) is 56.8. The lowest BCUT2D eigenvalue weighted by molar-refractivity contribution is 0.669. The van der Waals surface area contributed by atoms with Gasteiger partial charge in [-0.3, -0.25) is 0 Å². The van der Waals surface area contributed by atoms with Gasteiger partial charge in [0.15, 0.2) is 17.5 Å². The van der Waals surface area contributed by atoms with Crippen LogP contribution in [0.4, 0.5) is 0 Å². The zero-order valence-corrected chi connectivity index (χ0v) is 27.6. The van der Waals surface area contributed by atoms with Crippen LogP contribution in [0.5, 0.6) is 0 Å². The number of nitrogens with zero attached hydrogens (tertiary/aromatic N) is 3. The van der Waals surface area contributed by atoms with Gasteiger partial charge < -0.3 is 4.42 Å². The fourth-order valence-electron chi connectivity index (χ4n) is 7.08. The molecule has 0 aliphatic rings. The van der Waals surface area contributed by atoms with Crippen molar-refractivity contribution >= 4 is 53.4 Å². The highest BCUT2D eigenvalue weighted by Gasteiger charge is 2.22. The van der Waals surface area contributed by atoms with E-state index in [1.54, 1.807) is 0 Å². The molecule has 0 unspecified atom stereocenters. The Kier molecular flexibility index (Phi) is 6.64. The van der Waals surface area contributed by atoms with E-state index >= 15 is 0 Å². The lowest BCUT2D eigenvalue weighted by atomic mass is 9.88. The molecule has 0 fully saturated rings. The van der Waals surface area contributed by atoms with Crippen LogP contribution in [0.3, 0.4) is 0 Å². The maximum Gasteiger partial charge on any atom is 0.164 e. The zero-order valence-electron chi connectivity index (χ0n) is 26.7. The molecule has 7 aromatic carbocycles. The highest BCUT2D eigenvalue weighted by molar-refractivity contribution is 7.25. The highest BCUT2D eigenvalue weighted by Crippen LogP contribution is 2.46. The van der Waals surface area contributed by atoms with Crippen molar-refractivity contribution < 1.29 is 4.42 Å².